The molecule has 7 nitrogen and oxygen atoms in total. The summed E-state index contributed by atoms with van der Waals surface area (Å²) in [5.74, 6) is 1.78. The maximum atomic E-state index is 4.45. The molecule has 0 radical (unpaired) electrons. The highest BCUT2D eigenvalue weighted by atomic mass is 15.3. The van der Waals surface area contributed by atoms with Gasteiger partial charge in [0.15, 0.2) is 0 Å². The summed E-state index contributed by atoms with van der Waals surface area (Å²) in [6.45, 7) is 7.56. The molecular weight excluding hydrogens is 254 g/mol. The van der Waals surface area contributed by atoms with Crippen LogP contribution < -0.4 is 20.9 Å². The highest BCUT2D eigenvalue weighted by Crippen LogP contribution is 2.14. The molecule has 2 heterocycles. The van der Waals surface area contributed by atoms with E-state index in [1.165, 1.54) is 0 Å². The lowest BCUT2D eigenvalue weighted by atomic mass is 10.4. The number of hydrogen-bond acceptors (Lipinski definition) is 7. The van der Waals surface area contributed by atoms with E-state index in [-0.39, 0.29) is 0 Å². The van der Waals surface area contributed by atoms with Gasteiger partial charge in [0.25, 0.3) is 0 Å². The molecule has 0 spiro atoms. The smallest absolute Gasteiger partial charge is 0.233 e. The Morgan fingerprint density at radius 2 is 1.50 bits per heavy atom. The molecule has 0 aromatic carbocycles. The van der Waals surface area contributed by atoms with Gasteiger partial charge in [-0.05, 0) is 26.2 Å². The van der Waals surface area contributed by atoms with Crippen molar-refractivity contribution in [3.8, 4) is 0 Å². The van der Waals surface area contributed by atoms with Gasteiger partial charge in [-0.3, -0.25) is 0 Å². The van der Waals surface area contributed by atoms with Gasteiger partial charge in [-0.1, -0.05) is 12.2 Å². The van der Waals surface area contributed by atoms with Gasteiger partial charge in [-0.25, -0.2) is 0 Å². The Balaban J connectivity index is 2.23. The summed E-state index contributed by atoms with van der Waals surface area (Å²) in [6.07, 6.45) is 7.40. The van der Waals surface area contributed by atoms with Crippen molar-refractivity contribution in [2.75, 3.05) is 41.7 Å². The van der Waals surface area contributed by atoms with Crippen molar-refractivity contribution in [2.24, 2.45) is 0 Å². The topological polar surface area (TPSA) is 78.0 Å². The summed E-state index contributed by atoms with van der Waals surface area (Å²) in [5.41, 5.74) is 0. The molecule has 20 heavy (non-hydrogen) atoms. The summed E-state index contributed by atoms with van der Waals surface area (Å²) in [6, 6.07) is 0. The third kappa shape index (κ3) is 3.92. The molecule has 1 aliphatic rings. The van der Waals surface area contributed by atoms with E-state index in [0.717, 1.165) is 26.2 Å². The van der Waals surface area contributed by atoms with Crippen molar-refractivity contribution in [1.82, 2.24) is 20.3 Å². The molecular formula is C13H21N7. The number of nitrogens with zero attached hydrogens (tertiary/aromatic N) is 4. The molecule has 1 aliphatic heterocycles. The first kappa shape index (κ1) is 14.3. The molecule has 1 saturated heterocycles. The second-order valence-corrected chi connectivity index (χ2v) is 4.31. The quantitative estimate of drug-likeness (QED) is 0.744. The van der Waals surface area contributed by atoms with E-state index in [0.29, 0.717) is 17.8 Å². The van der Waals surface area contributed by atoms with Crippen LogP contribution in [0, 0.1) is 0 Å². The van der Waals surface area contributed by atoms with Gasteiger partial charge in [0, 0.05) is 26.2 Å². The molecule has 2 rings (SSSR count). The number of piperazine rings is 1. The van der Waals surface area contributed by atoms with Crippen molar-refractivity contribution >= 4 is 17.8 Å². The number of aromatic nitrogens is 3. The van der Waals surface area contributed by atoms with Crippen molar-refractivity contribution in [2.45, 2.75) is 13.8 Å². The maximum Gasteiger partial charge on any atom is 0.233 e. The Bertz CT molecular complexity index is 445. The normalized spacial score (nSPS) is 16.0. The number of rotatable bonds is 5. The predicted molar refractivity (Wildman–Crippen MR) is 81.8 cm³/mol. The van der Waals surface area contributed by atoms with E-state index in [2.05, 4.69) is 35.8 Å². The van der Waals surface area contributed by atoms with E-state index in [1.807, 2.05) is 26.0 Å². The molecule has 0 aliphatic carbocycles. The first-order valence-corrected chi connectivity index (χ1v) is 6.80. The third-order valence-corrected chi connectivity index (χ3v) is 2.78. The van der Waals surface area contributed by atoms with Crippen molar-refractivity contribution in [3.63, 3.8) is 0 Å². The number of anilines is 3. The lowest BCUT2D eigenvalue weighted by Crippen LogP contribution is -2.44. The molecule has 3 N–H and O–H groups in total. The van der Waals surface area contributed by atoms with E-state index in [4.69, 9.17) is 0 Å². The largest absolute Gasteiger partial charge is 0.338 e. The molecule has 1 fully saturated rings. The fraction of sp³-hybridized carbons (Fsp3) is 0.462. The van der Waals surface area contributed by atoms with Gasteiger partial charge >= 0.3 is 0 Å². The van der Waals surface area contributed by atoms with E-state index >= 15 is 0 Å². The third-order valence-electron chi connectivity index (χ3n) is 2.78. The summed E-state index contributed by atoms with van der Waals surface area (Å²) >= 11 is 0. The molecule has 0 atom stereocenters. The monoisotopic (exact) mass is 275 g/mol. The summed E-state index contributed by atoms with van der Waals surface area (Å²) in [4.78, 5) is 15.4. The van der Waals surface area contributed by atoms with Crippen molar-refractivity contribution < 1.29 is 0 Å². The van der Waals surface area contributed by atoms with E-state index in [1.54, 1.807) is 12.4 Å². The lowest BCUT2D eigenvalue weighted by molar-refractivity contribution is 0.579. The van der Waals surface area contributed by atoms with Gasteiger partial charge in [-0.15, -0.1) is 0 Å². The zero-order valence-corrected chi connectivity index (χ0v) is 11.9. The second kappa shape index (κ2) is 7.44. The Labute approximate surface area is 119 Å². The fourth-order valence-corrected chi connectivity index (χ4v) is 1.82. The first-order chi connectivity index (χ1) is 9.83. The van der Waals surface area contributed by atoms with Crippen LogP contribution in [-0.4, -0.2) is 41.1 Å². The maximum absolute atomic E-state index is 4.45. The molecule has 0 unspecified atom stereocenters. The van der Waals surface area contributed by atoms with E-state index < -0.39 is 0 Å². The van der Waals surface area contributed by atoms with Crippen LogP contribution in [0.25, 0.3) is 0 Å². The zero-order chi connectivity index (χ0) is 14.2. The standard InChI is InChI=1S/C13H21N7/c1-3-5-15-11-17-12(16-6-4-2)19-13(18-11)20-9-7-14-8-10-20/h3-6,14H,7-10H2,1-2H3,(H2,15,16,17,18,19). The molecule has 108 valence electrons. The molecule has 1 aromatic heterocycles. The zero-order valence-electron chi connectivity index (χ0n) is 11.9. The van der Waals surface area contributed by atoms with Crippen LogP contribution in [0.2, 0.25) is 0 Å². The van der Waals surface area contributed by atoms with Gasteiger partial charge in [0.05, 0.1) is 0 Å². The minimum Gasteiger partial charge on any atom is -0.338 e. The van der Waals surface area contributed by atoms with Gasteiger partial charge < -0.3 is 20.9 Å². The van der Waals surface area contributed by atoms with Crippen LogP contribution in [0.4, 0.5) is 17.8 Å². The van der Waals surface area contributed by atoms with Crippen LogP contribution in [0.1, 0.15) is 13.8 Å². The fourth-order valence-electron chi connectivity index (χ4n) is 1.82. The molecule has 1 aromatic rings. The predicted octanol–water partition coefficient (Wildman–Crippen LogP) is 1.17. The van der Waals surface area contributed by atoms with Gasteiger partial charge in [-0.2, -0.15) is 15.0 Å². The second-order valence-electron chi connectivity index (χ2n) is 4.31. The van der Waals surface area contributed by atoms with Gasteiger partial charge in [0.1, 0.15) is 0 Å². The van der Waals surface area contributed by atoms with Crippen LogP contribution in [0.15, 0.2) is 24.6 Å². The Morgan fingerprint density at radius 1 is 0.950 bits per heavy atom. The minimum atomic E-state index is 0.540. The van der Waals surface area contributed by atoms with Crippen molar-refractivity contribution in [3.05, 3.63) is 24.6 Å². The van der Waals surface area contributed by atoms with Crippen LogP contribution >= 0.6 is 0 Å². The highest BCUT2D eigenvalue weighted by Gasteiger charge is 2.15. The average molecular weight is 275 g/mol. The number of allylic oxidation sites excluding steroid dienone is 2. The SMILES string of the molecule is CC=CNc1nc(NC=CC)nc(N2CCNCC2)n1. The van der Waals surface area contributed by atoms with Crippen LogP contribution in [0.3, 0.4) is 0 Å². The summed E-state index contributed by atoms with van der Waals surface area (Å²) in [7, 11) is 0. The van der Waals surface area contributed by atoms with Crippen LogP contribution in [-0.2, 0) is 0 Å². The van der Waals surface area contributed by atoms with Gasteiger partial charge in [0.2, 0.25) is 17.8 Å². The molecule has 0 saturated carbocycles. The number of hydrogen-bond donors (Lipinski definition) is 3. The first-order valence-electron chi connectivity index (χ1n) is 6.80. The van der Waals surface area contributed by atoms with E-state index in [9.17, 15) is 0 Å². The number of nitrogens with one attached hydrogen (secondary N) is 3. The van der Waals surface area contributed by atoms with Crippen LogP contribution in [0.5, 0.6) is 0 Å². The lowest BCUT2D eigenvalue weighted by Gasteiger charge is -2.27. The summed E-state index contributed by atoms with van der Waals surface area (Å²) < 4.78 is 0. The Morgan fingerprint density at radius 3 is 2.00 bits per heavy atom. The molecule has 0 amide bonds. The molecule has 0 bridgehead atoms. The highest BCUT2D eigenvalue weighted by molar-refractivity contribution is 5.46. The Hall–Kier alpha value is -2.15. The minimum absolute atomic E-state index is 0.540. The summed E-state index contributed by atoms with van der Waals surface area (Å²) in [5, 5.41) is 9.40. The average Bonchev–Trinajstić information content (AvgIpc) is 2.51. The molecule has 7 heteroatoms. The van der Waals surface area contributed by atoms with Crippen molar-refractivity contribution in [1.29, 1.82) is 0 Å². The Kier molecular flexibility index (Phi) is 5.31.